The molecule has 0 unspecified atom stereocenters. The molecule has 3 N–H and O–H groups in total. The summed E-state index contributed by atoms with van der Waals surface area (Å²) in [6, 6.07) is 0. The molecule has 1 heterocycles. The number of carbonyl (C=O) groups is 1. The summed E-state index contributed by atoms with van der Waals surface area (Å²) in [6.45, 7) is 6.72. The Balaban J connectivity index is 2.26. The van der Waals surface area contributed by atoms with Crippen molar-refractivity contribution in [1.82, 2.24) is 0 Å². The summed E-state index contributed by atoms with van der Waals surface area (Å²) >= 11 is 0. The third-order valence-electron chi connectivity index (χ3n) is 4.28. The number of hydrogen-bond acceptors (Lipinski definition) is 5. The first-order valence-corrected chi connectivity index (χ1v) is 6.60. The van der Waals surface area contributed by atoms with Crippen LogP contribution < -0.4 is 0 Å². The number of carbonyl (C=O) groups excluding carboxylic acids is 1. The molecule has 4 atom stereocenters. The third kappa shape index (κ3) is 2.36. The van der Waals surface area contributed by atoms with Gasteiger partial charge < -0.3 is 20.1 Å². The van der Waals surface area contributed by atoms with Gasteiger partial charge in [0.05, 0.1) is 18.1 Å². The van der Waals surface area contributed by atoms with Crippen molar-refractivity contribution in [3.8, 4) is 0 Å². The molecule has 0 amide bonds. The first-order chi connectivity index (χ1) is 8.61. The highest BCUT2D eigenvalue weighted by atomic mass is 16.7. The number of ether oxygens (including phenoxy) is 1. The van der Waals surface area contributed by atoms with E-state index in [2.05, 4.69) is 6.58 Å². The fraction of sp³-hybridized carbons (Fsp3) is 0.786. The van der Waals surface area contributed by atoms with E-state index in [0.29, 0.717) is 6.42 Å². The van der Waals surface area contributed by atoms with Crippen LogP contribution in [0.15, 0.2) is 12.7 Å². The molecule has 1 aliphatic heterocycles. The third-order valence-corrected chi connectivity index (χ3v) is 4.28. The Hall–Kier alpha value is -0.750. The van der Waals surface area contributed by atoms with Gasteiger partial charge in [-0.15, -0.1) is 6.58 Å². The lowest BCUT2D eigenvalue weighted by Gasteiger charge is -2.42. The van der Waals surface area contributed by atoms with Crippen LogP contribution in [0.25, 0.3) is 0 Å². The Morgan fingerprint density at radius 2 is 2.11 bits per heavy atom. The molecule has 1 saturated heterocycles. The quantitative estimate of drug-likeness (QED) is 0.651. The van der Waals surface area contributed by atoms with Crippen LogP contribution in [0.3, 0.4) is 0 Å². The van der Waals surface area contributed by atoms with Gasteiger partial charge in [-0.1, -0.05) is 6.08 Å². The summed E-state index contributed by atoms with van der Waals surface area (Å²) in [4.78, 5) is 12.0. The summed E-state index contributed by atoms with van der Waals surface area (Å²) in [5.41, 5.74) is -2.67. The van der Waals surface area contributed by atoms with Crippen molar-refractivity contribution in [3.63, 3.8) is 0 Å². The fourth-order valence-corrected chi connectivity index (χ4v) is 3.01. The van der Waals surface area contributed by atoms with Crippen LogP contribution in [0.2, 0.25) is 0 Å². The van der Waals surface area contributed by atoms with E-state index in [-0.39, 0.29) is 31.0 Å². The molecule has 5 heteroatoms. The van der Waals surface area contributed by atoms with E-state index in [1.807, 2.05) is 0 Å². The molecule has 1 aliphatic carbocycles. The largest absolute Gasteiger partial charge is 0.388 e. The standard InChI is InChI=1S/C14H22O5/c1-4-5-9-6-13(17)8-11(12(2,3)16)19-14(13,18)7-10(9)15/h4,9,11,16-18H,1,5-8H2,2-3H3/t9-,11+,13+,14-/m0/s1. The number of fused-ring (bicyclic) bond motifs is 1. The monoisotopic (exact) mass is 270 g/mol. The van der Waals surface area contributed by atoms with Crippen molar-refractivity contribution in [2.45, 2.75) is 62.6 Å². The van der Waals surface area contributed by atoms with E-state index in [0.717, 1.165) is 0 Å². The second-order valence-corrected chi connectivity index (χ2v) is 6.35. The molecule has 2 rings (SSSR count). The molecule has 19 heavy (non-hydrogen) atoms. The summed E-state index contributed by atoms with van der Waals surface area (Å²) < 4.78 is 5.43. The molecule has 5 nitrogen and oxygen atoms in total. The van der Waals surface area contributed by atoms with Crippen LogP contribution >= 0.6 is 0 Å². The minimum Gasteiger partial charge on any atom is -0.388 e. The van der Waals surface area contributed by atoms with Gasteiger partial charge in [-0.2, -0.15) is 0 Å². The van der Waals surface area contributed by atoms with Gasteiger partial charge in [0, 0.05) is 12.3 Å². The molecule has 0 aromatic carbocycles. The van der Waals surface area contributed by atoms with Crippen LogP contribution in [0.1, 0.15) is 39.5 Å². The molecule has 2 fully saturated rings. The van der Waals surface area contributed by atoms with E-state index >= 15 is 0 Å². The Labute approximate surface area is 112 Å². The van der Waals surface area contributed by atoms with Crippen molar-refractivity contribution in [1.29, 1.82) is 0 Å². The van der Waals surface area contributed by atoms with Gasteiger partial charge in [0.1, 0.15) is 11.4 Å². The van der Waals surface area contributed by atoms with Crippen LogP contribution in [0.5, 0.6) is 0 Å². The normalized spacial score (nSPS) is 43.1. The molecule has 1 saturated carbocycles. The maximum atomic E-state index is 12.0. The zero-order chi connectivity index (χ0) is 14.5. The minimum absolute atomic E-state index is 0.119. The average Bonchev–Trinajstić information content (AvgIpc) is 2.50. The predicted octanol–water partition coefficient (Wildman–Crippen LogP) is 0.521. The molecule has 2 aliphatic rings. The lowest BCUT2D eigenvalue weighted by Crippen LogP contribution is -2.57. The second-order valence-electron chi connectivity index (χ2n) is 6.35. The van der Waals surface area contributed by atoms with Gasteiger partial charge in [-0.3, -0.25) is 4.79 Å². The molecular formula is C14H22O5. The summed E-state index contributed by atoms with van der Waals surface area (Å²) in [5.74, 6) is -2.36. The predicted molar refractivity (Wildman–Crippen MR) is 68.2 cm³/mol. The van der Waals surface area contributed by atoms with Crippen LogP contribution in [-0.4, -0.2) is 44.2 Å². The number of hydrogen-bond donors (Lipinski definition) is 3. The van der Waals surface area contributed by atoms with Crippen molar-refractivity contribution in [3.05, 3.63) is 12.7 Å². The lowest BCUT2D eigenvalue weighted by molar-refractivity contribution is -0.284. The number of allylic oxidation sites excluding steroid dienone is 1. The van der Waals surface area contributed by atoms with Gasteiger partial charge in [-0.05, 0) is 26.7 Å². The van der Waals surface area contributed by atoms with Gasteiger partial charge in [-0.25, -0.2) is 0 Å². The topological polar surface area (TPSA) is 87.0 Å². The highest BCUT2D eigenvalue weighted by Crippen LogP contribution is 2.50. The highest BCUT2D eigenvalue weighted by Gasteiger charge is 2.64. The zero-order valence-corrected chi connectivity index (χ0v) is 11.4. The lowest BCUT2D eigenvalue weighted by atomic mass is 9.71. The average molecular weight is 270 g/mol. The Kier molecular flexibility index (Phi) is 3.38. The Morgan fingerprint density at radius 1 is 1.47 bits per heavy atom. The van der Waals surface area contributed by atoms with Crippen LogP contribution in [0, 0.1) is 5.92 Å². The Morgan fingerprint density at radius 3 is 2.63 bits per heavy atom. The van der Waals surface area contributed by atoms with Gasteiger partial charge >= 0.3 is 0 Å². The number of Topliss-reactive ketones (excluding diaryl/α,β-unsaturated/α-hetero) is 1. The smallest absolute Gasteiger partial charge is 0.202 e. The zero-order valence-electron chi connectivity index (χ0n) is 11.4. The van der Waals surface area contributed by atoms with E-state index in [1.165, 1.54) is 0 Å². The maximum Gasteiger partial charge on any atom is 0.202 e. The van der Waals surface area contributed by atoms with Gasteiger partial charge in [0.2, 0.25) is 5.79 Å². The van der Waals surface area contributed by atoms with Crippen LogP contribution in [0.4, 0.5) is 0 Å². The van der Waals surface area contributed by atoms with Gasteiger partial charge in [0.15, 0.2) is 0 Å². The van der Waals surface area contributed by atoms with Gasteiger partial charge in [0.25, 0.3) is 0 Å². The van der Waals surface area contributed by atoms with Crippen LogP contribution in [-0.2, 0) is 9.53 Å². The van der Waals surface area contributed by atoms with Crippen molar-refractivity contribution >= 4 is 5.78 Å². The SMILES string of the molecule is C=CC[C@H]1C[C@@]2(O)C[C@H](C(C)(C)O)O[C@@]2(O)CC1=O. The first kappa shape index (κ1) is 14.7. The van der Waals surface area contributed by atoms with E-state index in [9.17, 15) is 20.1 Å². The fourth-order valence-electron chi connectivity index (χ4n) is 3.01. The van der Waals surface area contributed by atoms with E-state index in [4.69, 9.17) is 4.74 Å². The maximum absolute atomic E-state index is 12.0. The number of aliphatic hydroxyl groups is 3. The minimum atomic E-state index is -1.88. The molecule has 0 aromatic heterocycles. The second kappa shape index (κ2) is 4.38. The molecule has 0 aromatic rings. The van der Waals surface area contributed by atoms with Crippen molar-refractivity contribution in [2.24, 2.45) is 5.92 Å². The highest BCUT2D eigenvalue weighted by molar-refractivity contribution is 5.83. The summed E-state index contributed by atoms with van der Waals surface area (Å²) in [6.07, 6.45) is 1.44. The molecule has 0 bridgehead atoms. The molecule has 0 spiro atoms. The van der Waals surface area contributed by atoms with Crippen molar-refractivity contribution in [2.75, 3.05) is 0 Å². The molecular weight excluding hydrogens is 248 g/mol. The Bertz CT molecular complexity index is 399. The number of rotatable bonds is 3. The first-order valence-electron chi connectivity index (χ1n) is 6.60. The number of ketones is 1. The van der Waals surface area contributed by atoms with Crippen molar-refractivity contribution < 1.29 is 24.9 Å². The molecule has 0 radical (unpaired) electrons. The molecule has 108 valence electrons. The van der Waals surface area contributed by atoms with E-state index < -0.39 is 23.1 Å². The summed E-state index contributed by atoms with van der Waals surface area (Å²) in [7, 11) is 0. The van der Waals surface area contributed by atoms with E-state index in [1.54, 1.807) is 19.9 Å². The summed E-state index contributed by atoms with van der Waals surface area (Å²) in [5, 5.41) is 31.1.